The van der Waals surface area contributed by atoms with Crippen molar-refractivity contribution in [3.8, 4) is 0 Å². The van der Waals surface area contributed by atoms with Crippen LogP contribution < -0.4 is 0 Å². The fourth-order valence-electron chi connectivity index (χ4n) is 3.42. The summed E-state index contributed by atoms with van der Waals surface area (Å²) in [5.41, 5.74) is -0.272. The van der Waals surface area contributed by atoms with Gasteiger partial charge in [-0.05, 0) is 31.6 Å². The summed E-state index contributed by atoms with van der Waals surface area (Å²) in [5.74, 6) is 0.652. The Kier molecular flexibility index (Phi) is 2.52. The lowest BCUT2D eigenvalue weighted by atomic mass is 9.86. The maximum atomic E-state index is 10.3. The Hall–Kier alpha value is -0.0800. The Bertz CT molecular complexity index is 223. The first-order valence-corrected chi connectivity index (χ1v) is 6.74. The van der Waals surface area contributed by atoms with E-state index in [0.29, 0.717) is 5.92 Å². The quantitative estimate of drug-likeness (QED) is 0.705. The van der Waals surface area contributed by atoms with E-state index in [2.05, 4.69) is 4.90 Å². The van der Waals surface area contributed by atoms with Gasteiger partial charge in [-0.2, -0.15) is 0 Å². The molecule has 2 aliphatic carbocycles. The predicted octanol–water partition coefficient (Wildman–Crippen LogP) is 2.17. The number of nitrogens with zero attached hydrogens (tertiary/aromatic N) is 1. The first-order chi connectivity index (χ1) is 7.28. The number of hydrogen-bond acceptors (Lipinski definition) is 2. The van der Waals surface area contributed by atoms with Crippen LogP contribution in [0.2, 0.25) is 0 Å². The Morgan fingerprint density at radius 2 is 1.47 bits per heavy atom. The lowest BCUT2D eigenvalue weighted by Crippen LogP contribution is -2.65. The first-order valence-electron chi connectivity index (χ1n) is 6.74. The maximum Gasteiger partial charge on any atom is 0.0928 e. The van der Waals surface area contributed by atoms with Crippen LogP contribution in [0.15, 0.2) is 0 Å². The second-order valence-corrected chi connectivity index (χ2v) is 5.93. The lowest BCUT2D eigenvalue weighted by molar-refractivity contribution is -0.130. The highest BCUT2D eigenvalue weighted by Crippen LogP contribution is 2.45. The molecule has 0 bridgehead atoms. The summed E-state index contributed by atoms with van der Waals surface area (Å²) in [4.78, 5) is 2.55. The van der Waals surface area contributed by atoms with Gasteiger partial charge in [0.05, 0.1) is 5.60 Å². The lowest BCUT2D eigenvalue weighted by Gasteiger charge is -2.50. The Balaban J connectivity index is 1.52. The zero-order valence-corrected chi connectivity index (χ0v) is 9.62. The molecule has 3 rings (SSSR count). The number of likely N-dealkylation sites (tertiary alicyclic amines) is 1. The highest BCUT2D eigenvalue weighted by atomic mass is 16.3. The fourth-order valence-corrected chi connectivity index (χ4v) is 3.42. The largest absolute Gasteiger partial charge is 0.387 e. The third-order valence-corrected chi connectivity index (χ3v) is 4.63. The molecule has 1 saturated heterocycles. The van der Waals surface area contributed by atoms with Crippen LogP contribution in [0.5, 0.6) is 0 Å². The van der Waals surface area contributed by atoms with Crippen LogP contribution >= 0.6 is 0 Å². The van der Waals surface area contributed by atoms with E-state index in [1.54, 1.807) is 0 Å². The molecular weight excluding hydrogens is 186 g/mol. The minimum absolute atomic E-state index is 0.272. The zero-order chi connectivity index (χ0) is 10.3. The van der Waals surface area contributed by atoms with Crippen LogP contribution in [0.1, 0.15) is 51.4 Å². The van der Waals surface area contributed by atoms with Gasteiger partial charge in [0.15, 0.2) is 0 Å². The molecule has 1 heterocycles. The van der Waals surface area contributed by atoms with E-state index >= 15 is 0 Å². The molecule has 3 aliphatic rings. The molecule has 0 unspecified atom stereocenters. The molecule has 15 heavy (non-hydrogen) atoms. The monoisotopic (exact) mass is 209 g/mol. The van der Waals surface area contributed by atoms with E-state index in [1.807, 2.05) is 0 Å². The second kappa shape index (κ2) is 3.74. The summed E-state index contributed by atoms with van der Waals surface area (Å²) in [7, 11) is 0. The summed E-state index contributed by atoms with van der Waals surface area (Å²) in [6.45, 7) is 1.95. The predicted molar refractivity (Wildman–Crippen MR) is 60.7 cm³/mol. The minimum Gasteiger partial charge on any atom is -0.387 e. The van der Waals surface area contributed by atoms with Crippen molar-refractivity contribution >= 4 is 0 Å². The van der Waals surface area contributed by atoms with Gasteiger partial charge in [-0.25, -0.2) is 0 Å². The fraction of sp³-hybridized carbons (Fsp3) is 1.00. The molecule has 0 radical (unpaired) electrons. The van der Waals surface area contributed by atoms with Crippen LogP contribution in [-0.2, 0) is 0 Å². The molecule has 0 amide bonds. The van der Waals surface area contributed by atoms with Crippen molar-refractivity contribution in [3.05, 3.63) is 0 Å². The highest BCUT2D eigenvalue weighted by molar-refractivity contribution is 5.06. The first kappa shape index (κ1) is 10.1. The van der Waals surface area contributed by atoms with Crippen molar-refractivity contribution in [1.82, 2.24) is 4.90 Å². The molecule has 86 valence electrons. The maximum absolute atomic E-state index is 10.3. The molecule has 0 spiro atoms. The molecule has 1 aliphatic heterocycles. The van der Waals surface area contributed by atoms with Crippen LogP contribution in [0, 0.1) is 5.92 Å². The Morgan fingerprint density at radius 3 is 2.00 bits per heavy atom. The molecule has 2 nitrogen and oxygen atoms in total. The molecule has 0 aromatic carbocycles. The van der Waals surface area contributed by atoms with E-state index in [-0.39, 0.29) is 5.60 Å². The molecule has 2 saturated carbocycles. The van der Waals surface area contributed by atoms with Gasteiger partial charge < -0.3 is 5.11 Å². The van der Waals surface area contributed by atoms with Crippen LogP contribution in [0.3, 0.4) is 0 Å². The number of hydrogen-bond donors (Lipinski definition) is 1. The minimum atomic E-state index is -0.272. The van der Waals surface area contributed by atoms with E-state index in [9.17, 15) is 5.11 Å². The summed E-state index contributed by atoms with van der Waals surface area (Å²) < 4.78 is 0. The van der Waals surface area contributed by atoms with Crippen molar-refractivity contribution in [2.75, 3.05) is 13.1 Å². The van der Waals surface area contributed by atoms with E-state index in [0.717, 1.165) is 19.1 Å². The summed E-state index contributed by atoms with van der Waals surface area (Å²) >= 11 is 0. The molecule has 1 N–H and O–H groups in total. The molecule has 0 atom stereocenters. The topological polar surface area (TPSA) is 23.5 Å². The summed E-state index contributed by atoms with van der Waals surface area (Å²) in [6.07, 6.45) is 11.0. The van der Waals surface area contributed by atoms with Gasteiger partial charge >= 0.3 is 0 Å². The highest BCUT2D eigenvalue weighted by Gasteiger charge is 2.52. The van der Waals surface area contributed by atoms with Gasteiger partial charge in [0.25, 0.3) is 0 Å². The second-order valence-electron chi connectivity index (χ2n) is 5.93. The third-order valence-electron chi connectivity index (χ3n) is 4.63. The normalized spacial score (nSPS) is 33.4. The zero-order valence-electron chi connectivity index (χ0n) is 9.62. The number of β-amino-alcohol motifs (C(OH)–C–C–N with tert-alkyl or cyclic N) is 1. The van der Waals surface area contributed by atoms with Gasteiger partial charge in [0.1, 0.15) is 0 Å². The van der Waals surface area contributed by atoms with Crippen molar-refractivity contribution in [1.29, 1.82) is 0 Å². The van der Waals surface area contributed by atoms with Crippen molar-refractivity contribution < 1.29 is 5.11 Å². The van der Waals surface area contributed by atoms with Gasteiger partial charge in [0.2, 0.25) is 0 Å². The van der Waals surface area contributed by atoms with E-state index in [4.69, 9.17) is 0 Å². The van der Waals surface area contributed by atoms with Gasteiger partial charge in [-0.1, -0.05) is 25.7 Å². The summed E-state index contributed by atoms with van der Waals surface area (Å²) in [6, 6.07) is 0.798. The van der Waals surface area contributed by atoms with Crippen molar-refractivity contribution in [3.63, 3.8) is 0 Å². The average molecular weight is 209 g/mol. The van der Waals surface area contributed by atoms with Gasteiger partial charge in [-0.15, -0.1) is 0 Å². The molecule has 2 heteroatoms. The standard InChI is InChI=1S/C13H23NO/c15-13(11-7-8-11)9-14(10-13)12-5-3-1-2-4-6-12/h11-12,15H,1-10H2. The summed E-state index contributed by atoms with van der Waals surface area (Å²) in [5, 5.41) is 10.3. The Morgan fingerprint density at radius 1 is 0.867 bits per heavy atom. The van der Waals surface area contributed by atoms with Crippen molar-refractivity contribution in [2.45, 2.75) is 63.0 Å². The SMILES string of the molecule is OC1(C2CC2)CN(C2CCCCCC2)C1. The van der Waals surface area contributed by atoms with E-state index < -0.39 is 0 Å². The third kappa shape index (κ3) is 1.94. The van der Waals surface area contributed by atoms with E-state index in [1.165, 1.54) is 51.4 Å². The number of aliphatic hydroxyl groups is 1. The van der Waals surface area contributed by atoms with Crippen molar-refractivity contribution in [2.24, 2.45) is 5.92 Å². The van der Waals surface area contributed by atoms with Crippen LogP contribution in [0.4, 0.5) is 0 Å². The molecule has 3 fully saturated rings. The Labute approximate surface area is 92.7 Å². The van der Waals surface area contributed by atoms with Gasteiger partial charge in [-0.3, -0.25) is 4.90 Å². The van der Waals surface area contributed by atoms with Crippen LogP contribution in [0.25, 0.3) is 0 Å². The smallest absolute Gasteiger partial charge is 0.0928 e. The molecular formula is C13H23NO. The molecule has 0 aromatic rings. The van der Waals surface area contributed by atoms with Gasteiger partial charge in [0, 0.05) is 19.1 Å². The number of rotatable bonds is 2. The molecule has 0 aromatic heterocycles. The van der Waals surface area contributed by atoms with Crippen LogP contribution in [-0.4, -0.2) is 34.7 Å². The average Bonchev–Trinajstić information content (AvgIpc) is 3.00.